The molecule has 24 heavy (non-hydrogen) atoms. The Labute approximate surface area is 150 Å². The van der Waals surface area contributed by atoms with Gasteiger partial charge in [0.25, 0.3) is 0 Å². The van der Waals surface area contributed by atoms with Crippen LogP contribution in [0.2, 0.25) is 5.02 Å². The largest absolute Gasteiger partial charge is 0.471 e. The number of likely N-dealkylation sites (tertiary alicyclic amines) is 1. The van der Waals surface area contributed by atoms with Crippen molar-refractivity contribution in [2.45, 2.75) is 37.2 Å². The zero-order chi connectivity index (χ0) is 16.6. The molecule has 2 fully saturated rings. The van der Waals surface area contributed by atoms with Gasteiger partial charge in [-0.05, 0) is 30.4 Å². The molecule has 0 aromatic carbocycles. The Morgan fingerprint density at radius 3 is 2.71 bits per heavy atom. The SMILES string of the molecule is O=C(N1CC(Oc2ccc(Cl)cn2)C1)C1(c2cccs2)CCCC1. The molecule has 6 heteroatoms. The van der Waals surface area contributed by atoms with E-state index in [2.05, 4.69) is 16.4 Å². The van der Waals surface area contributed by atoms with Gasteiger partial charge in [0.1, 0.15) is 6.10 Å². The summed E-state index contributed by atoms with van der Waals surface area (Å²) < 4.78 is 5.81. The average molecular weight is 363 g/mol. The van der Waals surface area contributed by atoms with Gasteiger partial charge < -0.3 is 9.64 Å². The number of amides is 1. The Morgan fingerprint density at radius 2 is 2.08 bits per heavy atom. The van der Waals surface area contributed by atoms with Crippen molar-refractivity contribution < 1.29 is 9.53 Å². The molecule has 1 aliphatic heterocycles. The summed E-state index contributed by atoms with van der Waals surface area (Å²) >= 11 is 7.53. The van der Waals surface area contributed by atoms with Crippen LogP contribution in [0.1, 0.15) is 30.6 Å². The van der Waals surface area contributed by atoms with Gasteiger partial charge in [-0.3, -0.25) is 4.79 Å². The van der Waals surface area contributed by atoms with E-state index in [0.29, 0.717) is 24.0 Å². The van der Waals surface area contributed by atoms with E-state index in [9.17, 15) is 4.79 Å². The summed E-state index contributed by atoms with van der Waals surface area (Å²) in [5, 5.41) is 2.66. The van der Waals surface area contributed by atoms with Crippen molar-refractivity contribution in [1.82, 2.24) is 9.88 Å². The Morgan fingerprint density at radius 1 is 1.29 bits per heavy atom. The zero-order valence-corrected chi connectivity index (χ0v) is 14.9. The Balaban J connectivity index is 1.40. The maximum atomic E-state index is 13.1. The number of thiophene rings is 1. The fraction of sp³-hybridized carbons (Fsp3) is 0.444. The predicted octanol–water partition coefficient (Wildman–Crippen LogP) is 3.90. The predicted molar refractivity (Wildman–Crippen MR) is 94.7 cm³/mol. The van der Waals surface area contributed by atoms with Crippen LogP contribution in [0, 0.1) is 0 Å². The van der Waals surface area contributed by atoms with Crippen LogP contribution < -0.4 is 4.74 Å². The first-order valence-corrected chi connectivity index (χ1v) is 9.55. The van der Waals surface area contributed by atoms with Crippen LogP contribution in [0.3, 0.4) is 0 Å². The Kier molecular flexibility index (Phi) is 4.22. The highest BCUT2D eigenvalue weighted by molar-refractivity contribution is 7.10. The van der Waals surface area contributed by atoms with Gasteiger partial charge in [-0.25, -0.2) is 4.98 Å². The number of halogens is 1. The lowest BCUT2D eigenvalue weighted by molar-refractivity contribution is -0.146. The lowest BCUT2D eigenvalue weighted by atomic mass is 9.82. The van der Waals surface area contributed by atoms with Crippen molar-refractivity contribution in [3.63, 3.8) is 0 Å². The van der Waals surface area contributed by atoms with Gasteiger partial charge in [0, 0.05) is 17.1 Å². The number of ether oxygens (including phenoxy) is 1. The number of rotatable bonds is 4. The van der Waals surface area contributed by atoms with Crippen molar-refractivity contribution >= 4 is 28.8 Å². The molecule has 1 saturated carbocycles. The van der Waals surface area contributed by atoms with Gasteiger partial charge in [0.15, 0.2) is 0 Å². The second kappa shape index (κ2) is 6.37. The maximum absolute atomic E-state index is 13.1. The first-order valence-electron chi connectivity index (χ1n) is 8.29. The van der Waals surface area contributed by atoms with Gasteiger partial charge in [0.05, 0.1) is 23.5 Å². The fourth-order valence-corrected chi connectivity index (χ4v) is 4.77. The lowest BCUT2D eigenvalue weighted by Gasteiger charge is -2.43. The van der Waals surface area contributed by atoms with Gasteiger partial charge in [0.2, 0.25) is 11.8 Å². The summed E-state index contributed by atoms with van der Waals surface area (Å²) in [5.41, 5.74) is -0.294. The molecule has 3 heterocycles. The Hall–Kier alpha value is -1.59. The molecular formula is C18H19ClN2O2S. The highest BCUT2D eigenvalue weighted by Crippen LogP contribution is 2.45. The van der Waals surface area contributed by atoms with E-state index < -0.39 is 0 Å². The summed E-state index contributed by atoms with van der Waals surface area (Å²) in [7, 11) is 0. The smallest absolute Gasteiger partial charge is 0.234 e. The summed E-state index contributed by atoms with van der Waals surface area (Å²) in [6.45, 7) is 1.27. The van der Waals surface area contributed by atoms with Crippen LogP contribution in [-0.4, -0.2) is 35.0 Å². The molecule has 0 N–H and O–H groups in total. The zero-order valence-electron chi connectivity index (χ0n) is 13.3. The molecule has 1 saturated heterocycles. The van der Waals surface area contributed by atoms with Gasteiger partial charge >= 0.3 is 0 Å². The highest BCUT2D eigenvalue weighted by Gasteiger charge is 2.48. The molecule has 126 valence electrons. The molecule has 0 atom stereocenters. The van der Waals surface area contributed by atoms with Gasteiger partial charge in [-0.2, -0.15) is 0 Å². The van der Waals surface area contributed by atoms with E-state index >= 15 is 0 Å². The van der Waals surface area contributed by atoms with E-state index in [1.165, 1.54) is 4.88 Å². The van der Waals surface area contributed by atoms with E-state index in [1.54, 1.807) is 29.7 Å². The van der Waals surface area contributed by atoms with E-state index in [4.69, 9.17) is 16.3 Å². The molecule has 2 aliphatic rings. The molecule has 2 aromatic rings. The van der Waals surface area contributed by atoms with Crippen LogP contribution in [-0.2, 0) is 10.2 Å². The molecule has 0 spiro atoms. The lowest BCUT2D eigenvalue weighted by Crippen LogP contribution is -2.60. The number of carbonyl (C=O) groups is 1. The van der Waals surface area contributed by atoms with Crippen LogP contribution in [0.15, 0.2) is 35.8 Å². The van der Waals surface area contributed by atoms with E-state index in [0.717, 1.165) is 25.7 Å². The number of hydrogen-bond donors (Lipinski definition) is 0. The van der Waals surface area contributed by atoms with E-state index in [1.807, 2.05) is 11.0 Å². The fourth-order valence-electron chi connectivity index (χ4n) is 3.68. The third-order valence-electron chi connectivity index (χ3n) is 4.98. The third kappa shape index (κ3) is 2.80. The molecule has 4 nitrogen and oxygen atoms in total. The molecular weight excluding hydrogens is 344 g/mol. The standard InChI is InChI=1S/C18H19ClN2O2S/c19-13-5-6-16(20-10-13)23-14-11-21(12-14)17(22)18(7-1-2-8-18)15-4-3-9-24-15/h3-6,9-10,14H,1-2,7-8,11-12H2. The summed E-state index contributed by atoms with van der Waals surface area (Å²) in [6, 6.07) is 7.67. The average Bonchev–Trinajstić information content (AvgIpc) is 3.23. The minimum Gasteiger partial charge on any atom is -0.471 e. The first kappa shape index (κ1) is 15.9. The van der Waals surface area contributed by atoms with Crippen molar-refractivity contribution in [2.75, 3.05) is 13.1 Å². The molecule has 0 radical (unpaired) electrons. The summed E-state index contributed by atoms with van der Waals surface area (Å²) in [6.07, 6.45) is 5.78. The molecule has 2 aromatic heterocycles. The molecule has 0 unspecified atom stereocenters. The normalized spacial score (nSPS) is 20.0. The maximum Gasteiger partial charge on any atom is 0.234 e. The molecule has 1 amide bonds. The number of aromatic nitrogens is 1. The topological polar surface area (TPSA) is 42.4 Å². The van der Waals surface area contributed by atoms with Crippen LogP contribution in [0.4, 0.5) is 0 Å². The number of nitrogens with zero attached hydrogens (tertiary/aromatic N) is 2. The number of carbonyl (C=O) groups excluding carboxylic acids is 1. The second-order valence-corrected chi connectivity index (χ2v) is 7.92. The minimum absolute atomic E-state index is 0.0180. The van der Waals surface area contributed by atoms with E-state index in [-0.39, 0.29) is 17.4 Å². The highest BCUT2D eigenvalue weighted by atomic mass is 35.5. The quantitative estimate of drug-likeness (QED) is 0.828. The monoisotopic (exact) mass is 362 g/mol. The Bertz CT molecular complexity index is 705. The van der Waals surface area contributed by atoms with Crippen molar-refractivity contribution in [2.24, 2.45) is 0 Å². The molecule has 0 bridgehead atoms. The number of hydrogen-bond acceptors (Lipinski definition) is 4. The van der Waals surface area contributed by atoms with Crippen molar-refractivity contribution in [3.8, 4) is 5.88 Å². The van der Waals surface area contributed by atoms with Crippen LogP contribution >= 0.6 is 22.9 Å². The third-order valence-corrected chi connectivity index (χ3v) is 6.28. The number of pyridine rings is 1. The van der Waals surface area contributed by atoms with Crippen LogP contribution in [0.5, 0.6) is 5.88 Å². The summed E-state index contributed by atoms with van der Waals surface area (Å²) in [4.78, 5) is 20.4. The van der Waals surface area contributed by atoms with Crippen molar-refractivity contribution in [3.05, 3.63) is 45.7 Å². The molecule has 1 aliphatic carbocycles. The van der Waals surface area contributed by atoms with Crippen molar-refractivity contribution in [1.29, 1.82) is 0 Å². The van der Waals surface area contributed by atoms with Gasteiger partial charge in [-0.15, -0.1) is 11.3 Å². The minimum atomic E-state index is -0.294. The first-order chi connectivity index (χ1) is 11.7. The molecule has 4 rings (SSSR count). The summed E-state index contributed by atoms with van der Waals surface area (Å²) in [5.74, 6) is 0.830. The second-order valence-electron chi connectivity index (χ2n) is 6.53. The van der Waals surface area contributed by atoms with Gasteiger partial charge in [-0.1, -0.05) is 30.5 Å². The van der Waals surface area contributed by atoms with Crippen LogP contribution in [0.25, 0.3) is 0 Å².